The third-order valence-corrected chi connectivity index (χ3v) is 4.43. The molecule has 0 spiro atoms. The van der Waals surface area contributed by atoms with Crippen molar-refractivity contribution in [3.63, 3.8) is 0 Å². The lowest BCUT2D eigenvalue weighted by Gasteiger charge is -2.33. The maximum atomic E-state index is 5.91. The summed E-state index contributed by atoms with van der Waals surface area (Å²) < 4.78 is 5.91. The average molecular weight is 284 g/mol. The lowest BCUT2D eigenvalue weighted by Crippen LogP contribution is -2.42. The smallest absolute Gasteiger partial charge is 0.0702 e. The molecule has 20 heavy (non-hydrogen) atoms. The van der Waals surface area contributed by atoms with Crippen molar-refractivity contribution < 1.29 is 4.74 Å². The third kappa shape index (κ3) is 8.97. The van der Waals surface area contributed by atoms with E-state index in [0.29, 0.717) is 6.10 Å². The SMILES string of the molecule is CCCCCCCCCCC1CN(CCCC)CCO1. The van der Waals surface area contributed by atoms with Gasteiger partial charge < -0.3 is 4.74 Å². The van der Waals surface area contributed by atoms with Crippen LogP contribution in [0, 0.1) is 0 Å². The van der Waals surface area contributed by atoms with Crippen molar-refractivity contribution in [1.82, 2.24) is 4.90 Å². The number of rotatable bonds is 12. The molecule has 1 aliphatic rings. The zero-order chi connectivity index (χ0) is 14.5. The lowest BCUT2D eigenvalue weighted by atomic mass is 10.0. The van der Waals surface area contributed by atoms with Gasteiger partial charge in [-0.05, 0) is 19.4 Å². The van der Waals surface area contributed by atoms with Gasteiger partial charge in [0.15, 0.2) is 0 Å². The highest BCUT2D eigenvalue weighted by Crippen LogP contribution is 2.15. The maximum absolute atomic E-state index is 5.91. The van der Waals surface area contributed by atoms with Crippen molar-refractivity contribution >= 4 is 0 Å². The molecule has 0 saturated carbocycles. The van der Waals surface area contributed by atoms with Crippen molar-refractivity contribution in [3.05, 3.63) is 0 Å². The van der Waals surface area contributed by atoms with Gasteiger partial charge in [-0.3, -0.25) is 4.90 Å². The molecule has 1 heterocycles. The van der Waals surface area contributed by atoms with Gasteiger partial charge in [0.25, 0.3) is 0 Å². The summed E-state index contributed by atoms with van der Waals surface area (Å²) >= 11 is 0. The molecule has 0 aromatic rings. The molecule has 1 aliphatic heterocycles. The molecule has 0 aliphatic carbocycles. The molecule has 0 amide bonds. The molecule has 0 N–H and O–H groups in total. The van der Waals surface area contributed by atoms with Crippen molar-refractivity contribution in [2.45, 2.75) is 90.6 Å². The number of unbranched alkanes of at least 4 members (excludes halogenated alkanes) is 8. The van der Waals surface area contributed by atoms with Crippen molar-refractivity contribution in [3.8, 4) is 0 Å². The lowest BCUT2D eigenvalue weighted by molar-refractivity contribution is -0.0332. The molecule has 2 nitrogen and oxygen atoms in total. The van der Waals surface area contributed by atoms with Gasteiger partial charge in [0, 0.05) is 13.1 Å². The van der Waals surface area contributed by atoms with Gasteiger partial charge in [0.05, 0.1) is 12.7 Å². The number of nitrogens with zero attached hydrogens (tertiary/aromatic N) is 1. The molecule has 1 fully saturated rings. The summed E-state index contributed by atoms with van der Waals surface area (Å²) in [6.45, 7) is 9.11. The Hall–Kier alpha value is -0.0800. The first kappa shape index (κ1) is 18.0. The van der Waals surface area contributed by atoms with E-state index in [2.05, 4.69) is 18.7 Å². The number of ether oxygens (including phenoxy) is 1. The molecule has 120 valence electrons. The molecule has 1 atom stereocenters. The fourth-order valence-corrected chi connectivity index (χ4v) is 3.05. The zero-order valence-corrected chi connectivity index (χ0v) is 14.0. The van der Waals surface area contributed by atoms with Crippen LogP contribution in [0.25, 0.3) is 0 Å². The van der Waals surface area contributed by atoms with Crippen LogP contribution in [0.3, 0.4) is 0 Å². The van der Waals surface area contributed by atoms with Crippen LogP contribution in [0.1, 0.15) is 84.5 Å². The zero-order valence-electron chi connectivity index (χ0n) is 14.0. The first-order valence-corrected chi connectivity index (χ1v) is 9.20. The van der Waals surface area contributed by atoms with E-state index in [0.717, 1.165) is 13.2 Å². The Bertz CT molecular complexity index is 208. The highest BCUT2D eigenvalue weighted by atomic mass is 16.5. The maximum Gasteiger partial charge on any atom is 0.0702 e. The summed E-state index contributed by atoms with van der Waals surface area (Å²) in [4.78, 5) is 2.60. The Morgan fingerprint density at radius 1 is 0.850 bits per heavy atom. The van der Waals surface area contributed by atoms with E-state index in [1.807, 2.05) is 0 Å². The molecule has 0 radical (unpaired) electrons. The van der Waals surface area contributed by atoms with E-state index in [-0.39, 0.29) is 0 Å². The van der Waals surface area contributed by atoms with E-state index in [1.54, 1.807) is 0 Å². The monoisotopic (exact) mass is 283 g/mol. The van der Waals surface area contributed by atoms with E-state index in [9.17, 15) is 0 Å². The molecule has 1 rings (SSSR count). The van der Waals surface area contributed by atoms with Crippen molar-refractivity contribution in [2.24, 2.45) is 0 Å². The minimum Gasteiger partial charge on any atom is -0.376 e. The van der Waals surface area contributed by atoms with Gasteiger partial charge in [-0.25, -0.2) is 0 Å². The molecule has 1 saturated heterocycles. The molecule has 0 aromatic heterocycles. The van der Waals surface area contributed by atoms with E-state index in [1.165, 1.54) is 83.7 Å². The Morgan fingerprint density at radius 3 is 2.20 bits per heavy atom. The van der Waals surface area contributed by atoms with Crippen LogP contribution < -0.4 is 0 Å². The molecule has 0 aromatic carbocycles. The number of hydrogen-bond donors (Lipinski definition) is 0. The topological polar surface area (TPSA) is 12.5 Å². The van der Waals surface area contributed by atoms with Crippen LogP contribution in [0.15, 0.2) is 0 Å². The van der Waals surface area contributed by atoms with Crippen LogP contribution >= 0.6 is 0 Å². The number of hydrogen-bond acceptors (Lipinski definition) is 2. The summed E-state index contributed by atoms with van der Waals surface area (Å²) in [5.74, 6) is 0. The second-order valence-corrected chi connectivity index (χ2v) is 6.41. The van der Waals surface area contributed by atoms with Crippen LogP contribution in [-0.4, -0.2) is 37.2 Å². The standard InChI is InChI=1S/C18H37NO/c1-3-5-7-8-9-10-11-12-13-18-17-19(14-6-4-2)15-16-20-18/h18H,3-17H2,1-2H3. The largest absolute Gasteiger partial charge is 0.376 e. The molecular weight excluding hydrogens is 246 g/mol. The fraction of sp³-hybridized carbons (Fsp3) is 1.00. The van der Waals surface area contributed by atoms with Gasteiger partial charge in [0.2, 0.25) is 0 Å². The molecule has 0 bridgehead atoms. The summed E-state index contributed by atoms with van der Waals surface area (Å²) in [7, 11) is 0. The van der Waals surface area contributed by atoms with Crippen molar-refractivity contribution in [2.75, 3.05) is 26.2 Å². The van der Waals surface area contributed by atoms with Crippen LogP contribution in [0.5, 0.6) is 0 Å². The normalized spacial score (nSPS) is 20.4. The second-order valence-electron chi connectivity index (χ2n) is 6.41. The van der Waals surface area contributed by atoms with E-state index in [4.69, 9.17) is 4.74 Å². The summed E-state index contributed by atoms with van der Waals surface area (Å²) in [5, 5.41) is 0. The van der Waals surface area contributed by atoms with Crippen LogP contribution in [0.4, 0.5) is 0 Å². The summed E-state index contributed by atoms with van der Waals surface area (Å²) in [6, 6.07) is 0. The third-order valence-electron chi connectivity index (χ3n) is 4.43. The van der Waals surface area contributed by atoms with E-state index >= 15 is 0 Å². The van der Waals surface area contributed by atoms with Crippen molar-refractivity contribution in [1.29, 1.82) is 0 Å². The highest BCUT2D eigenvalue weighted by molar-refractivity contribution is 4.71. The van der Waals surface area contributed by atoms with Gasteiger partial charge in [-0.15, -0.1) is 0 Å². The summed E-state index contributed by atoms with van der Waals surface area (Å²) in [5.41, 5.74) is 0. The van der Waals surface area contributed by atoms with Gasteiger partial charge >= 0.3 is 0 Å². The second kappa shape index (κ2) is 12.6. The first-order chi connectivity index (χ1) is 9.86. The molecular formula is C18H37NO. The summed E-state index contributed by atoms with van der Waals surface area (Å²) in [6.07, 6.45) is 15.7. The van der Waals surface area contributed by atoms with Gasteiger partial charge in [-0.2, -0.15) is 0 Å². The predicted molar refractivity (Wildman–Crippen MR) is 88.3 cm³/mol. The van der Waals surface area contributed by atoms with Crippen LogP contribution in [-0.2, 0) is 4.74 Å². The molecule has 1 unspecified atom stereocenters. The Labute approximate surface area is 127 Å². The minimum atomic E-state index is 0.515. The Kier molecular flexibility index (Phi) is 11.4. The van der Waals surface area contributed by atoms with E-state index < -0.39 is 0 Å². The Morgan fingerprint density at radius 2 is 1.50 bits per heavy atom. The minimum absolute atomic E-state index is 0.515. The first-order valence-electron chi connectivity index (χ1n) is 9.20. The quantitative estimate of drug-likeness (QED) is 0.466. The molecule has 2 heteroatoms. The van der Waals surface area contributed by atoms with Gasteiger partial charge in [-0.1, -0.05) is 71.6 Å². The van der Waals surface area contributed by atoms with Gasteiger partial charge in [0.1, 0.15) is 0 Å². The number of morpholine rings is 1. The van der Waals surface area contributed by atoms with Crippen LogP contribution in [0.2, 0.25) is 0 Å². The Balaban J connectivity index is 1.93. The average Bonchev–Trinajstić information content (AvgIpc) is 2.48. The predicted octanol–water partition coefficient (Wildman–Crippen LogP) is 5.02. The highest BCUT2D eigenvalue weighted by Gasteiger charge is 2.19. The fourth-order valence-electron chi connectivity index (χ4n) is 3.05.